The van der Waals surface area contributed by atoms with Gasteiger partial charge in [0.2, 0.25) is 0 Å². The predicted molar refractivity (Wildman–Crippen MR) is 79.3 cm³/mol. The van der Waals surface area contributed by atoms with Gasteiger partial charge in [0.25, 0.3) is 0 Å². The fourth-order valence-corrected chi connectivity index (χ4v) is 2.81. The van der Waals surface area contributed by atoms with Crippen molar-refractivity contribution in [3.05, 3.63) is 28.3 Å². The molecule has 0 aliphatic heterocycles. The summed E-state index contributed by atoms with van der Waals surface area (Å²) in [5.74, 6) is 0.430. The number of rotatable bonds is 3. The maximum Gasteiger partial charge on any atom is 0.332 e. The number of hydrogen-bond acceptors (Lipinski definition) is 3. The van der Waals surface area contributed by atoms with E-state index in [1.807, 2.05) is 12.1 Å². The summed E-state index contributed by atoms with van der Waals surface area (Å²) in [6, 6.07) is 2.92. The van der Waals surface area contributed by atoms with Crippen LogP contribution in [-0.2, 0) is 0 Å². The van der Waals surface area contributed by atoms with Crippen molar-refractivity contribution < 1.29 is 9.90 Å². The van der Waals surface area contributed by atoms with E-state index in [0.29, 0.717) is 16.5 Å². The van der Waals surface area contributed by atoms with E-state index in [4.69, 9.17) is 17.3 Å². The second-order valence-electron chi connectivity index (χ2n) is 5.01. The van der Waals surface area contributed by atoms with Crippen molar-refractivity contribution in [3.8, 4) is 5.75 Å². The first-order valence-corrected chi connectivity index (χ1v) is 7.06. The quantitative estimate of drug-likeness (QED) is 0.591. The van der Waals surface area contributed by atoms with Gasteiger partial charge in [-0.15, -0.1) is 0 Å². The van der Waals surface area contributed by atoms with Crippen molar-refractivity contribution in [2.75, 3.05) is 0 Å². The van der Waals surface area contributed by atoms with Crippen LogP contribution in [0.1, 0.15) is 49.1 Å². The van der Waals surface area contributed by atoms with Crippen LogP contribution in [0.25, 0.3) is 0 Å². The molecule has 0 saturated heterocycles. The minimum Gasteiger partial charge on any atom is -0.506 e. The van der Waals surface area contributed by atoms with Crippen LogP contribution in [0.3, 0.4) is 0 Å². The van der Waals surface area contributed by atoms with Gasteiger partial charge in [-0.3, -0.25) is 0 Å². The van der Waals surface area contributed by atoms with Crippen molar-refractivity contribution in [1.29, 1.82) is 0 Å². The summed E-state index contributed by atoms with van der Waals surface area (Å²) in [5.41, 5.74) is 8.60. The predicted octanol–water partition coefficient (Wildman–Crippen LogP) is 3.10. The lowest BCUT2D eigenvalue weighted by Gasteiger charge is -2.22. The lowest BCUT2D eigenvalue weighted by molar-refractivity contribution is 0.249. The molecule has 5 nitrogen and oxygen atoms in total. The Morgan fingerprint density at radius 3 is 2.75 bits per heavy atom. The number of nitrogens with one attached hydrogen (secondary N) is 1. The minimum absolute atomic E-state index is 0.0405. The van der Waals surface area contributed by atoms with Crippen LogP contribution in [-0.4, -0.2) is 17.4 Å². The largest absolute Gasteiger partial charge is 0.506 e. The molecule has 1 aromatic carbocycles. The second-order valence-corrected chi connectivity index (χ2v) is 5.42. The average Bonchev–Trinajstić information content (AvgIpc) is 2.44. The van der Waals surface area contributed by atoms with Crippen LogP contribution in [0.5, 0.6) is 5.75 Å². The van der Waals surface area contributed by atoms with E-state index in [1.165, 1.54) is 25.5 Å². The Labute approximate surface area is 122 Å². The number of nitrogens with two attached hydrogens (primary N) is 1. The molecule has 0 aromatic heterocycles. The van der Waals surface area contributed by atoms with Crippen LogP contribution < -0.4 is 11.2 Å². The maximum atomic E-state index is 10.6. The SMILES string of the molecule is NC(=O)N/N=C/c1cc(C2CCCCC2)cc(Cl)c1O. The van der Waals surface area contributed by atoms with Gasteiger partial charge in [0.15, 0.2) is 0 Å². The van der Waals surface area contributed by atoms with Crippen LogP contribution >= 0.6 is 11.6 Å². The highest BCUT2D eigenvalue weighted by atomic mass is 35.5. The summed E-state index contributed by atoms with van der Waals surface area (Å²) in [4.78, 5) is 10.6. The van der Waals surface area contributed by atoms with Crippen LogP contribution in [0, 0.1) is 0 Å². The zero-order valence-corrected chi connectivity index (χ0v) is 11.9. The lowest BCUT2D eigenvalue weighted by Crippen LogP contribution is -2.24. The molecule has 0 unspecified atom stereocenters. The van der Waals surface area contributed by atoms with Crippen LogP contribution in [0.15, 0.2) is 17.2 Å². The van der Waals surface area contributed by atoms with Crippen molar-refractivity contribution in [3.63, 3.8) is 0 Å². The number of amides is 2. The number of halogens is 1. The van der Waals surface area contributed by atoms with Crippen molar-refractivity contribution >= 4 is 23.8 Å². The lowest BCUT2D eigenvalue weighted by atomic mass is 9.83. The van der Waals surface area contributed by atoms with Crippen LogP contribution in [0.2, 0.25) is 5.02 Å². The summed E-state index contributed by atoms with van der Waals surface area (Å²) in [6.07, 6.45) is 7.33. The molecule has 0 atom stereocenters. The number of nitrogens with zero attached hydrogens (tertiary/aromatic N) is 1. The molecule has 0 radical (unpaired) electrons. The molecule has 0 spiro atoms. The Morgan fingerprint density at radius 2 is 2.10 bits per heavy atom. The van der Waals surface area contributed by atoms with E-state index in [1.54, 1.807) is 0 Å². The molecule has 1 fully saturated rings. The molecule has 0 heterocycles. The standard InChI is InChI=1S/C14H18ClN3O2/c15-12-7-10(9-4-2-1-3-5-9)6-11(13(12)19)8-17-18-14(16)20/h6-9,19H,1-5H2,(H3,16,18,20)/b17-8+. The Morgan fingerprint density at radius 1 is 1.40 bits per heavy atom. The number of aromatic hydroxyl groups is 1. The molecule has 0 bridgehead atoms. The molecule has 6 heteroatoms. The molecule has 2 rings (SSSR count). The number of hydrogen-bond donors (Lipinski definition) is 3. The van der Waals surface area contributed by atoms with Gasteiger partial charge in [-0.05, 0) is 36.5 Å². The van der Waals surface area contributed by atoms with Gasteiger partial charge in [0.05, 0.1) is 11.2 Å². The van der Waals surface area contributed by atoms with Crippen molar-refractivity contribution in [2.24, 2.45) is 10.8 Å². The number of hydrazone groups is 1. The number of phenolic OH excluding ortho intramolecular Hbond substituents is 1. The summed E-state index contributed by atoms with van der Waals surface area (Å²) in [6.45, 7) is 0. The highest BCUT2D eigenvalue weighted by molar-refractivity contribution is 6.32. The number of carbonyl (C=O) groups is 1. The van der Waals surface area contributed by atoms with E-state index >= 15 is 0 Å². The summed E-state index contributed by atoms with van der Waals surface area (Å²) >= 11 is 6.06. The Balaban J connectivity index is 2.24. The molecule has 1 aromatic rings. The monoisotopic (exact) mass is 295 g/mol. The van der Waals surface area contributed by atoms with Crippen molar-refractivity contribution in [1.82, 2.24) is 5.43 Å². The third kappa shape index (κ3) is 3.63. The summed E-state index contributed by atoms with van der Waals surface area (Å²) in [5, 5.41) is 13.9. The van der Waals surface area contributed by atoms with E-state index in [0.717, 1.165) is 18.4 Å². The first kappa shape index (κ1) is 14.7. The van der Waals surface area contributed by atoms with Gasteiger partial charge in [-0.25, -0.2) is 10.2 Å². The number of benzene rings is 1. The maximum absolute atomic E-state index is 10.6. The molecule has 2 amide bonds. The summed E-state index contributed by atoms with van der Waals surface area (Å²) < 4.78 is 0. The number of carbonyl (C=O) groups excluding carboxylic acids is 1. The van der Waals surface area contributed by atoms with Gasteiger partial charge in [0.1, 0.15) is 5.75 Å². The zero-order chi connectivity index (χ0) is 14.5. The van der Waals surface area contributed by atoms with Gasteiger partial charge in [-0.1, -0.05) is 30.9 Å². The second kappa shape index (κ2) is 6.61. The molecule has 1 aliphatic rings. The highest BCUT2D eigenvalue weighted by Crippen LogP contribution is 2.37. The molecule has 20 heavy (non-hydrogen) atoms. The van der Waals surface area contributed by atoms with Gasteiger partial charge < -0.3 is 10.8 Å². The topological polar surface area (TPSA) is 87.7 Å². The molecular weight excluding hydrogens is 278 g/mol. The van der Waals surface area contributed by atoms with Crippen LogP contribution in [0.4, 0.5) is 4.79 Å². The Bertz CT molecular complexity index is 525. The first-order valence-electron chi connectivity index (χ1n) is 6.69. The Kier molecular flexibility index (Phi) is 4.84. The van der Waals surface area contributed by atoms with E-state index < -0.39 is 6.03 Å². The van der Waals surface area contributed by atoms with E-state index in [-0.39, 0.29) is 5.75 Å². The van der Waals surface area contributed by atoms with E-state index in [9.17, 15) is 9.90 Å². The highest BCUT2D eigenvalue weighted by Gasteiger charge is 2.18. The van der Waals surface area contributed by atoms with Crippen molar-refractivity contribution in [2.45, 2.75) is 38.0 Å². The fraction of sp³-hybridized carbons (Fsp3) is 0.429. The third-order valence-corrected chi connectivity index (χ3v) is 3.86. The normalized spacial score (nSPS) is 16.4. The average molecular weight is 296 g/mol. The molecular formula is C14H18ClN3O2. The van der Waals surface area contributed by atoms with Gasteiger partial charge >= 0.3 is 6.03 Å². The Hall–Kier alpha value is -1.75. The minimum atomic E-state index is -0.754. The third-order valence-electron chi connectivity index (χ3n) is 3.57. The molecule has 1 saturated carbocycles. The molecule has 1 aliphatic carbocycles. The first-order chi connectivity index (χ1) is 9.58. The number of phenols is 1. The number of primary amides is 1. The number of urea groups is 1. The molecule has 108 valence electrons. The van der Waals surface area contributed by atoms with Gasteiger partial charge in [0, 0.05) is 5.56 Å². The van der Waals surface area contributed by atoms with Gasteiger partial charge in [-0.2, -0.15) is 5.10 Å². The molecule has 4 N–H and O–H groups in total. The fourth-order valence-electron chi connectivity index (χ4n) is 2.58. The smallest absolute Gasteiger partial charge is 0.332 e. The zero-order valence-electron chi connectivity index (χ0n) is 11.1. The summed E-state index contributed by atoms with van der Waals surface area (Å²) in [7, 11) is 0. The van der Waals surface area contributed by atoms with E-state index in [2.05, 4.69) is 10.5 Å².